The van der Waals surface area contributed by atoms with Gasteiger partial charge in [-0.15, -0.1) is 0 Å². The summed E-state index contributed by atoms with van der Waals surface area (Å²) in [7, 11) is 0. The van der Waals surface area contributed by atoms with Gasteiger partial charge in [-0.25, -0.2) is 18.4 Å². The van der Waals surface area contributed by atoms with Crippen molar-refractivity contribution in [2.24, 2.45) is 0 Å². The molecule has 0 spiro atoms. The number of carbonyl (C=O) groups is 3. The van der Waals surface area contributed by atoms with Crippen molar-refractivity contribution >= 4 is 28.7 Å². The molecule has 3 unspecified atom stereocenters. The number of fused-ring (bicyclic) bond motifs is 1. The summed E-state index contributed by atoms with van der Waals surface area (Å²) in [6.45, 7) is 4.75. The maximum atomic E-state index is 14.5. The average Bonchev–Trinajstić information content (AvgIpc) is 3.70. The number of hydrogen-bond donors (Lipinski definition) is 4. The van der Waals surface area contributed by atoms with E-state index in [1.54, 1.807) is 24.3 Å². The molecule has 59 heavy (non-hydrogen) atoms. The molecule has 11 nitrogen and oxygen atoms in total. The number of aliphatic carboxylic acids is 2. The van der Waals surface area contributed by atoms with Crippen molar-refractivity contribution in [2.45, 2.75) is 63.7 Å². The van der Waals surface area contributed by atoms with Gasteiger partial charge in [0.15, 0.2) is 29.3 Å². The van der Waals surface area contributed by atoms with E-state index in [9.17, 15) is 41.1 Å². The number of rotatable bonds is 13. The second-order valence-corrected chi connectivity index (χ2v) is 14.0. The van der Waals surface area contributed by atoms with Gasteiger partial charge in [0.05, 0.1) is 11.1 Å². The minimum Gasteiger partial charge on any atom is -0.479 e. The Morgan fingerprint density at radius 1 is 0.831 bits per heavy atom. The zero-order chi connectivity index (χ0) is 43.0. The average molecular weight is 824 g/mol. The number of carboxylic acid groups (broad SMARTS) is 2. The van der Waals surface area contributed by atoms with Crippen LogP contribution in [0.25, 0.3) is 22.0 Å². The van der Waals surface area contributed by atoms with E-state index in [1.807, 2.05) is 33.7 Å². The molecule has 16 heteroatoms. The van der Waals surface area contributed by atoms with Crippen LogP contribution >= 0.6 is 0 Å². The third-order valence-corrected chi connectivity index (χ3v) is 10.2. The molecule has 0 aliphatic carbocycles. The molecule has 4 N–H and O–H groups in total. The van der Waals surface area contributed by atoms with Crippen molar-refractivity contribution in [3.05, 3.63) is 141 Å². The Morgan fingerprint density at radius 2 is 1.44 bits per heavy atom. The standard InChI is InChI=1S/C39H36F5N3O2.C4H6O6/c1-2-45-21-20-32(24-45)47(23-26-10-12-27(13-11-26)28-14-17-30(18-15-28)39(42,43)44)37(49)25-46-31(19-16-29-6-5-8-34(40)38(29)41)22-36(48)33-7-3-4-9-35(33)46;5-1(3(7)8)2(6)4(9)10/h3-15,17-18,22,32H,2,16,19-21,23-25H2,1H3;1-2,5-6H,(H,7,8)(H,9,10). The summed E-state index contributed by atoms with van der Waals surface area (Å²) in [5.41, 5.74) is 2.66. The molecule has 1 aliphatic rings. The quantitative estimate of drug-likeness (QED) is 0.109. The molecule has 3 atom stereocenters. The van der Waals surface area contributed by atoms with Crippen molar-refractivity contribution in [1.29, 1.82) is 0 Å². The Kier molecular flexibility index (Phi) is 14.4. The van der Waals surface area contributed by atoms with E-state index in [0.717, 1.165) is 48.8 Å². The fourth-order valence-corrected chi connectivity index (χ4v) is 6.90. The summed E-state index contributed by atoms with van der Waals surface area (Å²) in [5, 5.41) is 33.0. The zero-order valence-corrected chi connectivity index (χ0v) is 31.8. The molecule has 2 heterocycles. The number of likely N-dealkylation sites (tertiary alicyclic amines) is 1. The Morgan fingerprint density at radius 3 is 2.02 bits per heavy atom. The summed E-state index contributed by atoms with van der Waals surface area (Å²) in [4.78, 5) is 51.2. The van der Waals surface area contributed by atoms with E-state index < -0.39 is 47.5 Å². The largest absolute Gasteiger partial charge is 0.479 e. The lowest BCUT2D eigenvalue weighted by atomic mass is 10.0. The van der Waals surface area contributed by atoms with Gasteiger partial charge in [0.25, 0.3) is 0 Å². The molecule has 1 saturated heterocycles. The molecule has 1 aliphatic heterocycles. The van der Waals surface area contributed by atoms with E-state index in [0.29, 0.717) is 35.2 Å². The number of nitrogens with zero attached hydrogens (tertiary/aromatic N) is 3. The number of likely N-dealkylation sites (N-methyl/N-ethyl adjacent to an activating group) is 1. The third kappa shape index (κ3) is 11.0. The first kappa shape index (κ1) is 44.1. The van der Waals surface area contributed by atoms with Crippen molar-refractivity contribution in [2.75, 3.05) is 19.6 Å². The van der Waals surface area contributed by atoms with Crippen LogP contribution < -0.4 is 5.43 Å². The number of aliphatic hydroxyl groups is 2. The summed E-state index contributed by atoms with van der Waals surface area (Å²) in [6, 6.07) is 24.9. The number of aliphatic hydroxyl groups excluding tert-OH is 2. The van der Waals surface area contributed by atoms with Crippen molar-refractivity contribution in [3.8, 4) is 11.1 Å². The molecule has 0 bridgehead atoms. The van der Waals surface area contributed by atoms with Gasteiger partial charge in [-0.2, -0.15) is 13.2 Å². The van der Waals surface area contributed by atoms with Gasteiger partial charge in [0.1, 0.15) is 6.54 Å². The normalized spacial score (nSPS) is 15.3. The Hall–Kier alpha value is -5.97. The highest BCUT2D eigenvalue weighted by molar-refractivity contribution is 5.84. The van der Waals surface area contributed by atoms with Gasteiger partial charge in [0.2, 0.25) is 5.91 Å². The molecule has 1 aromatic heterocycles. The molecule has 0 saturated carbocycles. The summed E-state index contributed by atoms with van der Waals surface area (Å²) in [6.07, 6.45) is -7.80. The number of benzene rings is 4. The number of hydrogen-bond acceptors (Lipinski definition) is 7. The highest BCUT2D eigenvalue weighted by atomic mass is 19.4. The first-order valence-corrected chi connectivity index (χ1v) is 18.6. The van der Waals surface area contributed by atoms with Crippen LogP contribution in [-0.4, -0.2) is 90.5 Å². The molecule has 4 aromatic carbocycles. The molecule has 1 fully saturated rings. The summed E-state index contributed by atoms with van der Waals surface area (Å²) < 4.78 is 69.4. The third-order valence-electron chi connectivity index (χ3n) is 10.2. The van der Waals surface area contributed by atoms with Crippen molar-refractivity contribution in [3.63, 3.8) is 0 Å². The second kappa shape index (κ2) is 19.2. The molecular weight excluding hydrogens is 781 g/mol. The fraction of sp³-hybridized carbons (Fsp3) is 0.302. The van der Waals surface area contributed by atoms with E-state index in [1.165, 1.54) is 30.3 Å². The number of aryl methyl sites for hydroxylation is 2. The number of aromatic nitrogens is 1. The van der Waals surface area contributed by atoms with E-state index in [4.69, 9.17) is 20.4 Å². The van der Waals surface area contributed by atoms with Gasteiger partial charge < -0.3 is 34.8 Å². The predicted octanol–water partition coefficient (Wildman–Crippen LogP) is 5.75. The Bertz CT molecular complexity index is 2320. The zero-order valence-electron chi connectivity index (χ0n) is 31.8. The molecular formula is C43H42F5N3O8. The van der Waals surface area contributed by atoms with Gasteiger partial charge in [-0.1, -0.05) is 67.6 Å². The predicted molar refractivity (Wildman–Crippen MR) is 207 cm³/mol. The van der Waals surface area contributed by atoms with Gasteiger partial charge in [-0.3, -0.25) is 9.59 Å². The van der Waals surface area contributed by atoms with E-state index in [-0.39, 0.29) is 42.3 Å². The molecule has 6 rings (SSSR count). The SMILES string of the molecule is CCN1CCC(N(Cc2ccc(-c3ccc(C(F)(F)F)cc3)cc2)C(=O)Cn2c(CCc3cccc(F)c3F)cc(=O)c3ccccc32)C1.O=C(O)C(O)C(O)C(=O)O. The lowest BCUT2D eigenvalue weighted by Crippen LogP contribution is -2.43. The highest BCUT2D eigenvalue weighted by Crippen LogP contribution is 2.31. The van der Waals surface area contributed by atoms with Crippen LogP contribution in [0.2, 0.25) is 0 Å². The van der Waals surface area contributed by atoms with Crippen molar-refractivity contribution in [1.82, 2.24) is 14.4 Å². The number of amides is 1. The maximum Gasteiger partial charge on any atom is 0.416 e. The summed E-state index contributed by atoms with van der Waals surface area (Å²) >= 11 is 0. The topological polar surface area (TPSA) is 161 Å². The Labute approximate surface area is 335 Å². The summed E-state index contributed by atoms with van der Waals surface area (Å²) in [5.74, 6) is -5.55. The number of pyridine rings is 1. The minimum absolute atomic E-state index is 0.0578. The van der Waals surface area contributed by atoms with Crippen LogP contribution in [-0.2, 0) is 46.5 Å². The second-order valence-electron chi connectivity index (χ2n) is 14.0. The number of alkyl halides is 3. The van der Waals surface area contributed by atoms with Crippen LogP contribution in [0.5, 0.6) is 0 Å². The highest BCUT2D eigenvalue weighted by Gasteiger charge is 2.32. The molecule has 5 aromatic rings. The van der Waals surface area contributed by atoms with Gasteiger partial charge >= 0.3 is 18.1 Å². The first-order chi connectivity index (χ1) is 28.0. The number of carboxylic acids is 2. The maximum absolute atomic E-state index is 14.5. The number of carbonyl (C=O) groups excluding carboxylic acids is 1. The number of para-hydroxylation sites is 1. The lowest BCUT2D eigenvalue weighted by molar-refractivity contribution is -0.165. The molecule has 1 amide bonds. The van der Waals surface area contributed by atoms with Crippen LogP contribution in [0, 0.1) is 11.6 Å². The van der Waals surface area contributed by atoms with Crippen LogP contribution in [0.15, 0.2) is 102 Å². The molecule has 312 valence electrons. The first-order valence-electron chi connectivity index (χ1n) is 18.6. The van der Waals surface area contributed by atoms with Crippen molar-refractivity contribution < 1.29 is 56.8 Å². The smallest absolute Gasteiger partial charge is 0.416 e. The van der Waals surface area contributed by atoms with Crippen LogP contribution in [0.4, 0.5) is 22.0 Å². The van der Waals surface area contributed by atoms with Gasteiger partial charge in [0, 0.05) is 42.8 Å². The van der Waals surface area contributed by atoms with E-state index in [2.05, 4.69) is 11.8 Å². The Balaban J connectivity index is 0.000000586. The van der Waals surface area contributed by atoms with Crippen LogP contribution in [0.3, 0.4) is 0 Å². The lowest BCUT2D eigenvalue weighted by Gasteiger charge is -2.31. The monoisotopic (exact) mass is 823 g/mol. The van der Waals surface area contributed by atoms with Gasteiger partial charge in [-0.05, 0) is 78.4 Å². The molecule has 0 radical (unpaired) electrons. The van der Waals surface area contributed by atoms with Crippen LogP contribution in [0.1, 0.15) is 35.7 Å². The fourth-order valence-electron chi connectivity index (χ4n) is 6.90. The minimum atomic E-state index is -4.41. The number of halogens is 5. The van der Waals surface area contributed by atoms with E-state index >= 15 is 0 Å².